The van der Waals surface area contributed by atoms with Crippen LogP contribution in [0.25, 0.3) is 16.6 Å². The van der Waals surface area contributed by atoms with Gasteiger partial charge in [0.05, 0.1) is 49.4 Å². The van der Waals surface area contributed by atoms with E-state index in [0.717, 1.165) is 0 Å². The topological polar surface area (TPSA) is 100.0 Å². The van der Waals surface area contributed by atoms with Gasteiger partial charge in [-0.15, -0.1) is 0 Å². The minimum atomic E-state index is -0.631. The van der Waals surface area contributed by atoms with E-state index in [1.807, 2.05) is 0 Å². The van der Waals surface area contributed by atoms with Crippen LogP contribution in [0.3, 0.4) is 0 Å². The molecule has 1 amide bonds. The Morgan fingerprint density at radius 3 is 2.47 bits per heavy atom. The van der Waals surface area contributed by atoms with Crippen molar-refractivity contribution in [1.82, 2.24) is 14.5 Å². The second-order valence-corrected chi connectivity index (χ2v) is 8.47. The normalized spacial score (nSPS) is 11.8. The largest absolute Gasteiger partial charge is 0.497 e. The number of carbonyl (C=O) groups is 2. The van der Waals surface area contributed by atoms with Gasteiger partial charge in [-0.3, -0.25) is 19.0 Å². The van der Waals surface area contributed by atoms with Crippen LogP contribution in [0.1, 0.15) is 38.6 Å². The number of fused-ring (bicyclic) bond motifs is 1. The van der Waals surface area contributed by atoms with Crippen LogP contribution in [0, 0.1) is 0 Å². The number of carbonyl (C=O) groups excluding carboxylic acids is 2. The van der Waals surface area contributed by atoms with Gasteiger partial charge in [-0.25, -0.2) is 4.98 Å². The third-order valence-electron chi connectivity index (χ3n) is 5.73. The van der Waals surface area contributed by atoms with Crippen molar-refractivity contribution in [2.45, 2.75) is 32.7 Å². The summed E-state index contributed by atoms with van der Waals surface area (Å²) in [4.78, 5) is 45.1. The number of aromatic nitrogens is 2. The molecule has 0 saturated heterocycles. The number of esters is 1. The van der Waals surface area contributed by atoms with Gasteiger partial charge >= 0.3 is 5.97 Å². The summed E-state index contributed by atoms with van der Waals surface area (Å²) in [6.07, 6.45) is -0.0893. The van der Waals surface area contributed by atoms with Crippen molar-refractivity contribution in [1.29, 1.82) is 0 Å². The minimum Gasteiger partial charge on any atom is -0.497 e. The molecule has 2 aromatic carbocycles. The lowest BCUT2D eigenvalue weighted by molar-refractivity contribution is -0.146. The van der Waals surface area contributed by atoms with Crippen molar-refractivity contribution in [3.63, 3.8) is 0 Å². The lowest BCUT2D eigenvalue weighted by atomic mass is 10.1. The Hall–Kier alpha value is -3.43. The van der Waals surface area contributed by atoms with Crippen molar-refractivity contribution in [3.05, 3.63) is 63.7 Å². The highest BCUT2D eigenvalue weighted by Gasteiger charge is 2.27. The maximum absolute atomic E-state index is 13.7. The van der Waals surface area contributed by atoms with E-state index in [1.54, 1.807) is 68.3 Å². The molecule has 1 unspecified atom stereocenters. The fourth-order valence-electron chi connectivity index (χ4n) is 3.89. The van der Waals surface area contributed by atoms with Gasteiger partial charge in [0.2, 0.25) is 5.91 Å². The molecule has 10 heteroatoms. The van der Waals surface area contributed by atoms with E-state index in [4.69, 9.17) is 30.8 Å². The van der Waals surface area contributed by atoms with E-state index < -0.39 is 12.0 Å². The molecule has 3 aromatic rings. The number of ether oxygens (including phenoxy) is 3. The Labute approximate surface area is 214 Å². The van der Waals surface area contributed by atoms with Crippen molar-refractivity contribution in [3.8, 4) is 11.4 Å². The maximum atomic E-state index is 13.7. The van der Waals surface area contributed by atoms with E-state index >= 15 is 0 Å². The highest BCUT2D eigenvalue weighted by Crippen LogP contribution is 2.25. The van der Waals surface area contributed by atoms with E-state index in [9.17, 15) is 14.4 Å². The second-order valence-electron chi connectivity index (χ2n) is 8.03. The summed E-state index contributed by atoms with van der Waals surface area (Å²) in [6, 6.07) is 11.3. The number of methoxy groups -OCH3 is 2. The van der Waals surface area contributed by atoms with Crippen molar-refractivity contribution < 1.29 is 23.8 Å². The standard InChI is InChI=1S/C26H30ClN3O6/c1-5-36-24(32)13-12-23(31)29(14-15-34-3)17(2)25-28-22-16-18(27)6-11-21(22)26(33)30(25)19-7-9-20(35-4)10-8-19/h6-11,16-17H,5,12-15H2,1-4H3. The predicted molar refractivity (Wildman–Crippen MR) is 137 cm³/mol. The van der Waals surface area contributed by atoms with Gasteiger partial charge in [0.25, 0.3) is 5.56 Å². The summed E-state index contributed by atoms with van der Waals surface area (Å²) in [6.45, 7) is 4.25. The first-order valence-corrected chi connectivity index (χ1v) is 12.0. The van der Waals surface area contributed by atoms with Gasteiger partial charge in [-0.05, 0) is 56.3 Å². The maximum Gasteiger partial charge on any atom is 0.306 e. The Morgan fingerprint density at radius 2 is 1.83 bits per heavy atom. The lowest BCUT2D eigenvalue weighted by Crippen LogP contribution is -2.39. The third-order valence-corrected chi connectivity index (χ3v) is 5.97. The molecule has 1 heterocycles. The van der Waals surface area contributed by atoms with Gasteiger partial charge in [0.1, 0.15) is 11.6 Å². The second kappa shape index (κ2) is 12.5. The number of hydrogen-bond acceptors (Lipinski definition) is 7. The monoisotopic (exact) mass is 515 g/mol. The van der Waals surface area contributed by atoms with Crippen LogP contribution in [0.4, 0.5) is 0 Å². The number of amides is 1. The summed E-state index contributed by atoms with van der Waals surface area (Å²) in [5, 5.41) is 0.834. The van der Waals surface area contributed by atoms with Gasteiger partial charge in [-0.1, -0.05) is 11.6 Å². The Morgan fingerprint density at radius 1 is 1.11 bits per heavy atom. The molecule has 0 aliphatic carbocycles. The number of hydrogen-bond donors (Lipinski definition) is 0. The molecule has 3 rings (SSSR count). The SMILES string of the molecule is CCOC(=O)CCC(=O)N(CCOC)C(C)c1nc2cc(Cl)ccc2c(=O)n1-c1ccc(OC)cc1. The van der Waals surface area contributed by atoms with E-state index in [2.05, 4.69) is 0 Å². The number of benzene rings is 2. The van der Waals surface area contributed by atoms with Gasteiger partial charge in [-0.2, -0.15) is 0 Å². The van der Waals surface area contributed by atoms with Crippen molar-refractivity contribution in [2.75, 3.05) is 34.0 Å². The molecule has 0 N–H and O–H groups in total. The lowest BCUT2D eigenvalue weighted by Gasteiger charge is -2.30. The van der Waals surface area contributed by atoms with Crippen LogP contribution in [0.15, 0.2) is 47.3 Å². The van der Waals surface area contributed by atoms with Gasteiger partial charge < -0.3 is 19.1 Å². The molecule has 1 aromatic heterocycles. The average molecular weight is 516 g/mol. The van der Waals surface area contributed by atoms with Crippen LogP contribution in [-0.4, -0.2) is 60.3 Å². The van der Waals surface area contributed by atoms with Crippen LogP contribution < -0.4 is 10.3 Å². The molecule has 0 aliphatic heterocycles. The summed E-state index contributed by atoms with van der Waals surface area (Å²) in [7, 11) is 3.10. The van der Waals surface area contributed by atoms with Gasteiger partial charge in [0, 0.05) is 25.1 Å². The Bertz CT molecular complexity index is 1280. The van der Waals surface area contributed by atoms with Crippen molar-refractivity contribution in [2.24, 2.45) is 0 Å². The summed E-state index contributed by atoms with van der Waals surface area (Å²) >= 11 is 6.18. The fourth-order valence-corrected chi connectivity index (χ4v) is 4.05. The molecule has 1 atom stereocenters. The molecule has 192 valence electrons. The summed E-state index contributed by atoms with van der Waals surface area (Å²) in [5.74, 6) is 0.256. The van der Waals surface area contributed by atoms with E-state index in [-0.39, 0.29) is 44.1 Å². The molecule has 0 bridgehead atoms. The summed E-state index contributed by atoms with van der Waals surface area (Å²) < 4.78 is 16.9. The predicted octanol–water partition coefficient (Wildman–Crippen LogP) is 3.93. The average Bonchev–Trinajstić information content (AvgIpc) is 2.87. The molecule has 36 heavy (non-hydrogen) atoms. The quantitative estimate of drug-likeness (QED) is 0.357. The fraction of sp³-hybridized carbons (Fsp3) is 0.385. The zero-order chi connectivity index (χ0) is 26.2. The Kier molecular flexibility index (Phi) is 9.44. The molecule has 0 aliphatic rings. The third kappa shape index (κ3) is 6.22. The number of rotatable bonds is 11. The van der Waals surface area contributed by atoms with Gasteiger partial charge in [0.15, 0.2) is 0 Å². The molecule has 0 fully saturated rings. The molecular formula is C26H30ClN3O6. The van der Waals surface area contributed by atoms with Crippen LogP contribution in [0.2, 0.25) is 5.02 Å². The molecule has 0 radical (unpaired) electrons. The van der Waals surface area contributed by atoms with Crippen molar-refractivity contribution >= 4 is 34.4 Å². The molecule has 9 nitrogen and oxygen atoms in total. The smallest absolute Gasteiger partial charge is 0.306 e. The zero-order valence-electron chi connectivity index (χ0n) is 20.8. The number of nitrogens with zero attached hydrogens (tertiary/aromatic N) is 3. The Balaban J connectivity index is 2.12. The summed E-state index contributed by atoms with van der Waals surface area (Å²) in [5.41, 5.74) is 0.691. The van der Waals surface area contributed by atoms with Crippen LogP contribution in [0.5, 0.6) is 5.75 Å². The number of halogens is 1. The van der Waals surface area contributed by atoms with Crippen LogP contribution in [-0.2, 0) is 19.1 Å². The van der Waals surface area contributed by atoms with E-state index in [0.29, 0.717) is 33.2 Å². The first kappa shape index (κ1) is 27.2. The van der Waals surface area contributed by atoms with E-state index in [1.165, 1.54) is 11.7 Å². The minimum absolute atomic E-state index is 0.0426. The zero-order valence-corrected chi connectivity index (χ0v) is 21.6. The van der Waals surface area contributed by atoms with Crippen LogP contribution >= 0.6 is 11.6 Å². The molecule has 0 spiro atoms. The highest BCUT2D eigenvalue weighted by atomic mass is 35.5. The first-order chi connectivity index (χ1) is 17.3. The first-order valence-electron chi connectivity index (χ1n) is 11.6. The molecule has 0 saturated carbocycles. The highest BCUT2D eigenvalue weighted by molar-refractivity contribution is 6.31. The molecular weight excluding hydrogens is 486 g/mol.